The molecular formula is C22H23BrN4O3. The maximum Gasteiger partial charge on any atom is 0.204 e. The molecule has 1 aliphatic heterocycles. The highest BCUT2D eigenvalue weighted by Crippen LogP contribution is 2.37. The van der Waals surface area contributed by atoms with Gasteiger partial charge in [-0.1, -0.05) is 12.1 Å². The van der Waals surface area contributed by atoms with Gasteiger partial charge in [-0.15, -0.1) is 10.2 Å². The molecule has 0 unspecified atom stereocenters. The molecule has 0 spiro atoms. The monoisotopic (exact) mass is 470 g/mol. The summed E-state index contributed by atoms with van der Waals surface area (Å²) in [5.74, 6) is 2.95. The highest BCUT2D eigenvalue weighted by atomic mass is 79.9. The van der Waals surface area contributed by atoms with Gasteiger partial charge in [0.05, 0.1) is 36.8 Å². The summed E-state index contributed by atoms with van der Waals surface area (Å²) in [6, 6.07) is 11.8. The van der Waals surface area contributed by atoms with Crippen LogP contribution in [-0.4, -0.2) is 40.3 Å². The maximum atomic E-state index is 6.05. The zero-order valence-electron chi connectivity index (χ0n) is 17.2. The predicted octanol–water partition coefficient (Wildman–Crippen LogP) is 4.58. The lowest BCUT2D eigenvalue weighted by Gasteiger charge is -2.19. The van der Waals surface area contributed by atoms with E-state index in [1.54, 1.807) is 0 Å². The Morgan fingerprint density at radius 2 is 1.70 bits per heavy atom. The van der Waals surface area contributed by atoms with Gasteiger partial charge in [0.1, 0.15) is 23.8 Å². The number of aliphatic imine (C=N–C) groups is 1. The highest BCUT2D eigenvalue weighted by Gasteiger charge is 2.27. The van der Waals surface area contributed by atoms with Crippen molar-refractivity contribution in [3.8, 4) is 22.9 Å². The molecule has 156 valence electrons. The molecule has 30 heavy (non-hydrogen) atoms. The van der Waals surface area contributed by atoms with Gasteiger partial charge in [0, 0.05) is 17.7 Å². The fourth-order valence-electron chi connectivity index (χ4n) is 3.51. The molecule has 3 aromatic rings. The number of ether oxygens (including phenoxy) is 3. The van der Waals surface area contributed by atoms with E-state index in [9.17, 15) is 0 Å². The predicted molar refractivity (Wildman–Crippen MR) is 118 cm³/mol. The number of nitrogens with zero attached hydrogens (tertiary/aromatic N) is 4. The standard InChI is InChI=1S/C22H23BrN4O3/c1-4-28-15-9-7-8-14(10-15)21-20-17(27-19(13-24-21)25-26-22(27)23)11-16(29-5-2)12-18(20)30-6-3/h7-12H,4-6,13H2,1-3H3. The maximum absolute atomic E-state index is 6.05. The van der Waals surface area contributed by atoms with E-state index in [1.165, 1.54) is 0 Å². The second kappa shape index (κ2) is 8.87. The summed E-state index contributed by atoms with van der Waals surface area (Å²) in [5.41, 5.74) is 3.49. The number of halogens is 1. The van der Waals surface area contributed by atoms with Crippen molar-refractivity contribution in [1.82, 2.24) is 14.8 Å². The van der Waals surface area contributed by atoms with Crippen LogP contribution in [-0.2, 0) is 6.54 Å². The van der Waals surface area contributed by atoms with Crippen molar-refractivity contribution < 1.29 is 14.2 Å². The molecule has 0 saturated heterocycles. The smallest absolute Gasteiger partial charge is 0.204 e. The first kappa shape index (κ1) is 20.4. The first-order valence-electron chi connectivity index (χ1n) is 9.98. The van der Waals surface area contributed by atoms with E-state index in [2.05, 4.69) is 26.1 Å². The van der Waals surface area contributed by atoms with Crippen molar-refractivity contribution in [2.45, 2.75) is 27.3 Å². The lowest BCUT2D eigenvalue weighted by atomic mass is 9.98. The van der Waals surface area contributed by atoms with Gasteiger partial charge in [-0.05, 0) is 48.8 Å². The third-order valence-corrected chi connectivity index (χ3v) is 5.14. The van der Waals surface area contributed by atoms with E-state index in [0.717, 1.165) is 39.8 Å². The molecule has 4 rings (SSSR count). The minimum atomic E-state index is 0.386. The summed E-state index contributed by atoms with van der Waals surface area (Å²) in [4.78, 5) is 4.91. The largest absolute Gasteiger partial charge is 0.494 e. The lowest BCUT2D eigenvalue weighted by molar-refractivity contribution is 0.322. The van der Waals surface area contributed by atoms with Gasteiger partial charge < -0.3 is 14.2 Å². The number of hydrogen-bond donors (Lipinski definition) is 0. The van der Waals surface area contributed by atoms with E-state index in [0.29, 0.717) is 36.8 Å². The Balaban J connectivity index is 1.98. The minimum Gasteiger partial charge on any atom is -0.494 e. The van der Waals surface area contributed by atoms with Crippen LogP contribution in [0, 0.1) is 0 Å². The van der Waals surface area contributed by atoms with Gasteiger partial charge in [0.15, 0.2) is 5.82 Å². The van der Waals surface area contributed by atoms with Crippen molar-refractivity contribution in [2.24, 2.45) is 4.99 Å². The Hall–Kier alpha value is -2.87. The molecule has 8 heteroatoms. The Labute approximate surface area is 183 Å². The fourth-order valence-corrected chi connectivity index (χ4v) is 3.98. The minimum absolute atomic E-state index is 0.386. The number of rotatable bonds is 7. The molecule has 1 aliphatic rings. The molecule has 0 atom stereocenters. The van der Waals surface area contributed by atoms with Crippen molar-refractivity contribution in [1.29, 1.82) is 0 Å². The molecule has 0 fully saturated rings. The zero-order valence-corrected chi connectivity index (χ0v) is 18.8. The molecule has 0 radical (unpaired) electrons. The van der Waals surface area contributed by atoms with Crippen LogP contribution in [0.15, 0.2) is 46.1 Å². The van der Waals surface area contributed by atoms with Crippen LogP contribution in [0.5, 0.6) is 17.2 Å². The molecule has 0 aliphatic carbocycles. The van der Waals surface area contributed by atoms with Crippen LogP contribution >= 0.6 is 15.9 Å². The van der Waals surface area contributed by atoms with Gasteiger partial charge >= 0.3 is 0 Å². The lowest BCUT2D eigenvalue weighted by Crippen LogP contribution is -2.12. The summed E-state index contributed by atoms with van der Waals surface area (Å²) in [6.07, 6.45) is 0. The first-order chi connectivity index (χ1) is 14.7. The SMILES string of the molecule is CCOc1cccc(C2=NCc3nnc(Br)n3-c3cc(OCC)cc(OCC)c32)c1. The second-order valence-corrected chi connectivity index (χ2v) is 7.24. The third kappa shape index (κ3) is 3.79. The number of fused-ring (bicyclic) bond motifs is 3. The normalized spacial score (nSPS) is 12.5. The molecule has 0 amide bonds. The number of aromatic nitrogens is 3. The fraction of sp³-hybridized carbons (Fsp3) is 0.318. The van der Waals surface area contributed by atoms with Crippen LogP contribution < -0.4 is 14.2 Å². The Bertz CT molecular complexity index is 1090. The Morgan fingerprint density at radius 1 is 0.933 bits per heavy atom. The molecular weight excluding hydrogens is 448 g/mol. The van der Waals surface area contributed by atoms with Crippen LogP contribution in [0.2, 0.25) is 0 Å². The summed E-state index contributed by atoms with van der Waals surface area (Å²) < 4.78 is 20.1. The summed E-state index contributed by atoms with van der Waals surface area (Å²) >= 11 is 3.53. The molecule has 1 aromatic heterocycles. The van der Waals surface area contributed by atoms with Gasteiger partial charge in [-0.2, -0.15) is 0 Å². The topological polar surface area (TPSA) is 70.8 Å². The average Bonchev–Trinajstić information content (AvgIpc) is 3.01. The summed E-state index contributed by atoms with van der Waals surface area (Å²) in [5, 5.41) is 8.48. The van der Waals surface area contributed by atoms with Crippen molar-refractivity contribution >= 4 is 21.6 Å². The van der Waals surface area contributed by atoms with E-state index in [4.69, 9.17) is 19.2 Å². The first-order valence-corrected chi connectivity index (χ1v) is 10.8. The van der Waals surface area contributed by atoms with E-state index >= 15 is 0 Å². The van der Waals surface area contributed by atoms with Crippen molar-refractivity contribution in [3.05, 3.63) is 58.1 Å². The van der Waals surface area contributed by atoms with Gasteiger partial charge in [0.25, 0.3) is 0 Å². The molecule has 7 nitrogen and oxygen atoms in total. The molecule has 0 N–H and O–H groups in total. The summed E-state index contributed by atoms with van der Waals surface area (Å²) in [6.45, 7) is 7.94. The quantitative estimate of drug-likeness (QED) is 0.505. The Morgan fingerprint density at radius 3 is 2.47 bits per heavy atom. The highest BCUT2D eigenvalue weighted by molar-refractivity contribution is 9.10. The average molecular weight is 471 g/mol. The Kier molecular flexibility index (Phi) is 6.03. The van der Waals surface area contributed by atoms with Crippen LogP contribution in [0.3, 0.4) is 0 Å². The van der Waals surface area contributed by atoms with Crippen molar-refractivity contribution in [2.75, 3.05) is 19.8 Å². The number of hydrogen-bond acceptors (Lipinski definition) is 6. The summed E-state index contributed by atoms with van der Waals surface area (Å²) in [7, 11) is 0. The number of benzene rings is 2. The molecule has 2 aromatic carbocycles. The second-order valence-electron chi connectivity index (χ2n) is 6.53. The molecule has 0 saturated carbocycles. The van der Waals surface area contributed by atoms with Gasteiger partial charge in [-0.3, -0.25) is 9.56 Å². The van der Waals surface area contributed by atoms with Crippen molar-refractivity contribution in [3.63, 3.8) is 0 Å². The van der Waals surface area contributed by atoms with Gasteiger partial charge in [-0.25, -0.2) is 0 Å². The third-order valence-electron chi connectivity index (χ3n) is 4.63. The zero-order chi connectivity index (χ0) is 21.1. The van der Waals surface area contributed by atoms with Crippen LogP contribution in [0.4, 0.5) is 0 Å². The van der Waals surface area contributed by atoms with Gasteiger partial charge in [0.2, 0.25) is 4.73 Å². The molecule has 2 heterocycles. The molecule has 0 bridgehead atoms. The van der Waals surface area contributed by atoms with Crippen LogP contribution in [0.25, 0.3) is 5.69 Å². The van der Waals surface area contributed by atoms with E-state index < -0.39 is 0 Å². The van der Waals surface area contributed by atoms with Crippen LogP contribution in [0.1, 0.15) is 37.7 Å². The van der Waals surface area contributed by atoms with E-state index in [-0.39, 0.29) is 0 Å². The van der Waals surface area contributed by atoms with E-state index in [1.807, 2.05) is 61.7 Å².